The van der Waals surface area contributed by atoms with E-state index in [0.717, 1.165) is 5.56 Å². The summed E-state index contributed by atoms with van der Waals surface area (Å²) < 4.78 is 51.2. The minimum absolute atomic E-state index is 0.0860. The van der Waals surface area contributed by atoms with Crippen molar-refractivity contribution in [2.24, 2.45) is 0 Å². The van der Waals surface area contributed by atoms with Gasteiger partial charge >= 0.3 is 6.18 Å². The molecule has 1 amide bonds. The SMILES string of the molecule is Cc1cccc(OCC(=O)NCCn2nc(C(F)(F)F)c3c2CCOC3)c1. The zero-order valence-corrected chi connectivity index (χ0v) is 14.8. The molecule has 0 aliphatic carbocycles. The Morgan fingerprint density at radius 3 is 2.96 bits per heavy atom. The molecule has 1 aliphatic heterocycles. The van der Waals surface area contributed by atoms with Gasteiger partial charge in [-0.05, 0) is 24.6 Å². The second kappa shape index (κ2) is 7.99. The van der Waals surface area contributed by atoms with Crippen LogP contribution in [0.2, 0.25) is 0 Å². The lowest BCUT2D eigenvalue weighted by atomic mass is 10.1. The number of amides is 1. The third-order valence-corrected chi connectivity index (χ3v) is 4.17. The molecule has 3 rings (SSSR count). The fourth-order valence-electron chi connectivity index (χ4n) is 2.93. The van der Waals surface area contributed by atoms with Crippen LogP contribution in [0, 0.1) is 6.92 Å². The quantitative estimate of drug-likeness (QED) is 0.832. The van der Waals surface area contributed by atoms with Gasteiger partial charge in [-0.2, -0.15) is 18.3 Å². The molecule has 0 spiro atoms. The molecule has 0 bridgehead atoms. The van der Waals surface area contributed by atoms with E-state index in [-0.39, 0.29) is 37.8 Å². The number of nitrogens with zero attached hydrogens (tertiary/aromatic N) is 2. The van der Waals surface area contributed by atoms with Crippen molar-refractivity contribution in [3.63, 3.8) is 0 Å². The highest BCUT2D eigenvalue weighted by molar-refractivity contribution is 5.77. The number of benzene rings is 1. The predicted octanol–water partition coefficient (Wildman–Crippen LogP) is 2.48. The Labute approximate surface area is 154 Å². The molecule has 6 nitrogen and oxygen atoms in total. The van der Waals surface area contributed by atoms with Gasteiger partial charge in [-0.1, -0.05) is 12.1 Å². The smallest absolute Gasteiger partial charge is 0.435 e. The lowest BCUT2D eigenvalue weighted by Gasteiger charge is -2.15. The van der Waals surface area contributed by atoms with Crippen LogP contribution in [0.15, 0.2) is 24.3 Å². The Balaban J connectivity index is 1.54. The molecular formula is C18H20F3N3O3. The third kappa shape index (κ3) is 4.79. The Kier molecular flexibility index (Phi) is 5.69. The van der Waals surface area contributed by atoms with E-state index in [9.17, 15) is 18.0 Å². The Morgan fingerprint density at radius 2 is 2.22 bits per heavy atom. The van der Waals surface area contributed by atoms with Crippen LogP contribution in [0.4, 0.5) is 13.2 Å². The summed E-state index contributed by atoms with van der Waals surface area (Å²) in [5.74, 6) is 0.234. The first-order chi connectivity index (χ1) is 12.8. The molecule has 0 atom stereocenters. The molecular weight excluding hydrogens is 363 g/mol. The second-order valence-electron chi connectivity index (χ2n) is 6.25. The lowest BCUT2D eigenvalue weighted by molar-refractivity contribution is -0.142. The summed E-state index contributed by atoms with van der Waals surface area (Å²) in [6.07, 6.45) is -4.16. The number of aryl methyl sites for hydroxylation is 1. The summed E-state index contributed by atoms with van der Waals surface area (Å²) in [6, 6.07) is 7.30. The van der Waals surface area contributed by atoms with Crippen molar-refractivity contribution in [3.05, 3.63) is 46.8 Å². The molecule has 27 heavy (non-hydrogen) atoms. The van der Waals surface area contributed by atoms with Gasteiger partial charge in [0.1, 0.15) is 5.75 Å². The maximum absolute atomic E-state index is 13.1. The van der Waals surface area contributed by atoms with Crippen molar-refractivity contribution in [2.45, 2.75) is 32.7 Å². The van der Waals surface area contributed by atoms with Gasteiger partial charge in [0.25, 0.3) is 5.91 Å². The predicted molar refractivity (Wildman–Crippen MR) is 90.3 cm³/mol. The Bertz CT molecular complexity index is 818. The normalized spacial score (nSPS) is 13.9. The zero-order chi connectivity index (χ0) is 19.4. The van der Waals surface area contributed by atoms with Gasteiger partial charge in [0.15, 0.2) is 12.3 Å². The van der Waals surface area contributed by atoms with Crippen molar-refractivity contribution in [1.82, 2.24) is 15.1 Å². The first kappa shape index (κ1) is 19.2. The molecule has 0 fully saturated rings. The largest absolute Gasteiger partial charge is 0.484 e. The summed E-state index contributed by atoms with van der Waals surface area (Å²) in [4.78, 5) is 11.9. The van der Waals surface area contributed by atoms with E-state index in [1.54, 1.807) is 6.07 Å². The highest BCUT2D eigenvalue weighted by Crippen LogP contribution is 2.34. The number of nitrogens with one attached hydrogen (secondary N) is 1. The number of carbonyl (C=O) groups is 1. The molecule has 0 saturated heterocycles. The maximum Gasteiger partial charge on any atom is 0.435 e. The molecule has 1 aliphatic rings. The minimum Gasteiger partial charge on any atom is -0.484 e. The molecule has 1 aromatic heterocycles. The second-order valence-corrected chi connectivity index (χ2v) is 6.25. The first-order valence-electron chi connectivity index (χ1n) is 8.54. The molecule has 1 aromatic carbocycles. The number of hydrogen-bond acceptors (Lipinski definition) is 4. The molecule has 1 N–H and O–H groups in total. The molecule has 146 valence electrons. The van der Waals surface area contributed by atoms with Crippen molar-refractivity contribution >= 4 is 5.91 Å². The van der Waals surface area contributed by atoms with E-state index in [0.29, 0.717) is 24.5 Å². The van der Waals surface area contributed by atoms with Gasteiger partial charge in [-0.25, -0.2) is 0 Å². The van der Waals surface area contributed by atoms with Gasteiger partial charge in [-0.15, -0.1) is 0 Å². The zero-order valence-electron chi connectivity index (χ0n) is 14.8. The van der Waals surface area contributed by atoms with Crippen LogP contribution in [0.5, 0.6) is 5.75 Å². The number of halogens is 3. The number of fused-ring (bicyclic) bond motifs is 1. The van der Waals surface area contributed by atoms with Crippen LogP contribution < -0.4 is 10.1 Å². The molecule has 2 heterocycles. The number of rotatable bonds is 6. The van der Waals surface area contributed by atoms with Crippen LogP contribution >= 0.6 is 0 Å². The van der Waals surface area contributed by atoms with Gasteiger partial charge < -0.3 is 14.8 Å². The van der Waals surface area contributed by atoms with E-state index in [1.807, 2.05) is 25.1 Å². The summed E-state index contributed by atoms with van der Waals surface area (Å²) in [7, 11) is 0. The summed E-state index contributed by atoms with van der Waals surface area (Å²) >= 11 is 0. The fourth-order valence-corrected chi connectivity index (χ4v) is 2.93. The van der Waals surface area contributed by atoms with Crippen LogP contribution in [-0.4, -0.2) is 35.4 Å². The third-order valence-electron chi connectivity index (χ3n) is 4.17. The summed E-state index contributed by atoms with van der Waals surface area (Å²) in [5, 5.41) is 6.33. The standard InChI is InChI=1S/C18H20F3N3O3/c1-12-3-2-4-13(9-12)27-11-16(25)22-6-7-24-15-5-8-26-10-14(15)17(23-24)18(19,20)21/h2-4,9H,5-8,10-11H2,1H3,(H,22,25). The van der Waals surface area contributed by atoms with Gasteiger partial charge in [0.2, 0.25) is 0 Å². The van der Waals surface area contributed by atoms with Crippen molar-refractivity contribution in [2.75, 3.05) is 19.8 Å². The van der Waals surface area contributed by atoms with Crippen molar-refractivity contribution < 1.29 is 27.4 Å². The van der Waals surface area contributed by atoms with Crippen LogP contribution in [0.25, 0.3) is 0 Å². The average Bonchev–Trinajstić information content (AvgIpc) is 2.99. The van der Waals surface area contributed by atoms with Gasteiger partial charge in [0, 0.05) is 24.2 Å². The fraction of sp³-hybridized carbons (Fsp3) is 0.444. The number of aromatic nitrogens is 2. The molecule has 9 heteroatoms. The molecule has 0 radical (unpaired) electrons. The maximum atomic E-state index is 13.1. The monoisotopic (exact) mass is 383 g/mol. The molecule has 2 aromatic rings. The molecule has 0 unspecified atom stereocenters. The van der Waals surface area contributed by atoms with Crippen LogP contribution in [0.1, 0.15) is 22.5 Å². The number of ether oxygens (including phenoxy) is 2. The van der Waals surface area contributed by atoms with E-state index in [4.69, 9.17) is 9.47 Å². The number of carbonyl (C=O) groups excluding carboxylic acids is 1. The molecule has 0 saturated carbocycles. The van der Waals surface area contributed by atoms with Gasteiger partial charge in [0.05, 0.1) is 19.8 Å². The number of alkyl halides is 3. The number of hydrogen-bond donors (Lipinski definition) is 1. The summed E-state index contributed by atoms with van der Waals surface area (Å²) in [5.41, 5.74) is 0.703. The van der Waals surface area contributed by atoms with Crippen molar-refractivity contribution in [3.8, 4) is 5.75 Å². The minimum atomic E-state index is -4.53. The highest BCUT2D eigenvalue weighted by atomic mass is 19.4. The van der Waals surface area contributed by atoms with E-state index in [2.05, 4.69) is 10.4 Å². The van der Waals surface area contributed by atoms with E-state index in [1.165, 1.54) is 4.68 Å². The van der Waals surface area contributed by atoms with E-state index < -0.39 is 11.9 Å². The lowest BCUT2D eigenvalue weighted by Crippen LogP contribution is -2.32. The average molecular weight is 383 g/mol. The topological polar surface area (TPSA) is 65.4 Å². The first-order valence-corrected chi connectivity index (χ1v) is 8.54. The van der Waals surface area contributed by atoms with Crippen LogP contribution in [0.3, 0.4) is 0 Å². The van der Waals surface area contributed by atoms with Crippen molar-refractivity contribution in [1.29, 1.82) is 0 Å². The highest BCUT2D eigenvalue weighted by Gasteiger charge is 2.39. The van der Waals surface area contributed by atoms with Gasteiger partial charge in [-0.3, -0.25) is 9.48 Å². The van der Waals surface area contributed by atoms with Crippen LogP contribution in [-0.2, 0) is 35.3 Å². The Hall–Kier alpha value is -2.55. The summed E-state index contributed by atoms with van der Waals surface area (Å²) in [6.45, 7) is 2.31. The Morgan fingerprint density at radius 1 is 1.41 bits per heavy atom. The van der Waals surface area contributed by atoms with E-state index >= 15 is 0 Å².